The van der Waals surface area contributed by atoms with Crippen molar-refractivity contribution in [3.63, 3.8) is 0 Å². The van der Waals surface area contributed by atoms with E-state index in [2.05, 4.69) is 26.0 Å². The van der Waals surface area contributed by atoms with Crippen molar-refractivity contribution in [1.82, 2.24) is 0 Å². The SMILES string of the molecule is CC(C)=CCC[C@]1(C)[C@@H](CC=C(C)C)C[C@]23C[C@@H](C(C)(C)O)OC2=C(C[C@H]2OC(C)(C)[C@H](CO)C2(C)C)C(=O)[C@@]1(C(=O)C(C)C)C3=O. The lowest BCUT2D eigenvalue weighted by molar-refractivity contribution is -0.179. The van der Waals surface area contributed by atoms with Gasteiger partial charge in [0.25, 0.3) is 0 Å². The summed E-state index contributed by atoms with van der Waals surface area (Å²) >= 11 is 0. The number of aliphatic hydroxyl groups excluding tert-OH is 1. The second-order valence-corrected chi connectivity index (χ2v) is 17.9. The highest BCUT2D eigenvalue weighted by Crippen LogP contribution is 2.70. The van der Waals surface area contributed by atoms with Gasteiger partial charge < -0.3 is 19.7 Å². The molecule has 0 unspecified atom stereocenters. The van der Waals surface area contributed by atoms with E-state index >= 15 is 9.59 Å². The Kier molecular flexibility index (Phi) is 9.91. The van der Waals surface area contributed by atoms with Crippen molar-refractivity contribution < 1.29 is 34.1 Å². The third-order valence-corrected chi connectivity index (χ3v) is 12.5. The van der Waals surface area contributed by atoms with Gasteiger partial charge in [-0.2, -0.15) is 0 Å². The summed E-state index contributed by atoms with van der Waals surface area (Å²) in [6.07, 6.45) is 5.69. The molecule has 2 heterocycles. The predicted molar refractivity (Wildman–Crippen MR) is 184 cm³/mol. The quantitative estimate of drug-likeness (QED) is 0.176. The first kappa shape index (κ1) is 37.7. The van der Waals surface area contributed by atoms with Crippen LogP contribution < -0.4 is 0 Å². The highest BCUT2D eigenvalue weighted by molar-refractivity contribution is 6.33. The summed E-state index contributed by atoms with van der Waals surface area (Å²) < 4.78 is 13.3. The van der Waals surface area contributed by atoms with Crippen LogP contribution in [0.1, 0.15) is 129 Å². The zero-order valence-corrected chi connectivity index (χ0v) is 31.4. The summed E-state index contributed by atoms with van der Waals surface area (Å²) in [7, 11) is 0. The number of carbonyl (C=O) groups excluding carboxylic acids is 3. The van der Waals surface area contributed by atoms with Crippen molar-refractivity contribution in [2.75, 3.05) is 6.61 Å². The molecule has 0 amide bonds. The second-order valence-electron chi connectivity index (χ2n) is 17.9. The fraction of sp³-hybridized carbons (Fsp3) is 0.775. The molecule has 2 saturated heterocycles. The van der Waals surface area contributed by atoms with E-state index < -0.39 is 56.8 Å². The Balaban J connectivity index is 2.07. The van der Waals surface area contributed by atoms with Gasteiger partial charge in [-0.3, -0.25) is 14.4 Å². The van der Waals surface area contributed by atoms with Gasteiger partial charge in [-0.05, 0) is 97.8 Å². The number of allylic oxidation sites excluding steroid dienone is 5. The lowest BCUT2D eigenvalue weighted by Gasteiger charge is -2.60. The average molecular weight is 655 g/mol. The normalized spacial score (nSPS) is 35.9. The van der Waals surface area contributed by atoms with Crippen LogP contribution in [-0.4, -0.2) is 57.6 Å². The molecule has 7 atom stereocenters. The van der Waals surface area contributed by atoms with Gasteiger partial charge in [-0.25, -0.2) is 0 Å². The van der Waals surface area contributed by atoms with E-state index in [1.54, 1.807) is 27.7 Å². The molecule has 0 radical (unpaired) electrons. The average Bonchev–Trinajstić information content (AvgIpc) is 3.40. The zero-order chi connectivity index (χ0) is 35.7. The van der Waals surface area contributed by atoms with E-state index in [4.69, 9.17) is 9.47 Å². The van der Waals surface area contributed by atoms with Crippen LogP contribution in [0, 0.1) is 39.4 Å². The molecule has 4 rings (SSSR count). The molecule has 2 N–H and O–H groups in total. The van der Waals surface area contributed by atoms with Gasteiger partial charge in [-0.1, -0.05) is 57.9 Å². The molecular weight excluding hydrogens is 592 g/mol. The molecule has 7 nitrogen and oxygen atoms in total. The molecule has 3 fully saturated rings. The van der Waals surface area contributed by atoms with Crippen molar-refractivity contribution in [2.45, 2.75) is 152 Å². The molecule has 47 heavy (non-hydrogen) atoms. The van der Waals surface area contributed by atoms with Crippen molar-refractivity contribution in [3.05, 3.63) is 34.6 Å². The fourth-order valence-corrected chi connectivity index (χ4v) is 9.75. The number of ether oxygens (including phenoxy) is 2. The van der Waals surface area contributed by atoms with Crippen LogP contribution in [0.25, 0.3) is 0 Å². The van der Waals surface area contributed by atoms with Crippen molar-refractivity contribution in [2.24, 2.45) is 39.4 Å². The first-order valence-corrected chi connectivity index (χ1v) is 17.8. The first-order chi connectivity index (χ1) is 21.4. The molecule has 2 bridgehead atoms. The first-order valence-electron chi connectivity index (χ1n) is 17.8. The van der Waals surface area contributed by atoms with Gasteiger partial charge in [0.2, 0.25) is 0 Å². The minimum absolute atomic E-state index is 0.0691. The maximum atomic E-state index is 15.6. The van der Waals surface area contributed by atoms with Gasteiger partial charge in [0.05, 0.1) is 22.7 Å². The monoisotopic (exact) mass is 654 g/mol. The van der Waals surface area contributed by atoms with Crippen molar-refractivity contribution >= 4 is 17.3 Å². The van der Waals surface area contributed by atoms with E-state index in [0.717, 1.165) is 11.1 Å². The van der Waals surface area contributed by atoms with Gasteiger partial charge in [-0.15, -0.1) is 0 Å². The topological polar surface area (TPSA) is 110 Å². The van der Waals surface area contributed by atoms with Crippen LogP contribution in [0.2, 0.25) is 0 Å². The Morgan fingerprint density at radius 3 is 2.09 bits per heavy atom. The molecule has 1 spiro atoms. The van der Waals surface area contributed by atoms with Crippen LogP contribution in [0.4, 0.5) is 0 Å². The Bertz CT molecular complexity index is 1380. The maximum Gasteiger partial charge on any atom is 0.183 e. The summed E-state index contributed by atoms with van der Waals surface area (Å²) in [5.74, 6) is -1.69. The van der Waals surface area contributed by atoms with Crippen LogP contribution in [0.3, 0.4) is 0 Å². The highest BCUT2D eigenvalue weighted by atomic mass is 16.5. The number of ketones is 3. The van der Waals surface area contributed by atoms with E-state index in [9.17, 15) is 15.0 Å². The fourth-order valence-electron chi connectivity index (χ4n) is 9.75. The second kappa shape index (κ2) is 12.4. The predicted octanol–water partition coefficient (Wildman–Crippen LogP) is 7.48. The number of Topliss-reactive ketones (excluding diaryl/α,β-unsaturated/α-hetero) is 3. The van der Waals surface area contributed by atoms with Crippen molar-refractivity contribution in [3.8, 4) is 0 Å². The molecule has 0 aromatic heterocycles. The summed E-state index contributed by atoms with van der Waals surface area (Å²) in [4.78, 5) is 46.1. The Hall–Kier alpha value is -2.09. The van der Waals surface area contributed by atoms with Gasteiger partial charge in [0, 0.05) is 36.9 Å². The summed E-state index contributed by atoms with van der Waals surface area (Å²) in [6, 6.07) is 0. The van der Waals surface area contributed by atoms with Gasteiger partial charge in [0.1, 0.15) is 11.9 Å². The van der Waals surface area contributed by atoms with Crippen LogP contribution in [0.15, 0.2) is 34.6 Å². The minimum Gasteiger partial charge on any atom is -0.490 e. The smallest absolute Gasteiger partial charge is 0.183 e. The highest BCUT2D eigenvalue weighted by Gasteiger charge is 2.78. The Morgan fingerprint density at radius 1 is 1.00 bits per heavy atom. The van der Waals surface area contributed by atoms with Crippen LogP contribution >= 0.6 is 0 Å². The van der Waals surface area contributed by atoms with Gasteiger partial charge >= 0.3 is 0 Å². The lowest BCUT2D eigenvalue weighted by atomic mass is 9.38. The Labute approximate surface area is 283 Å². The maximum absolute atomic E-state index is 15.6. The largest absolute Gasteiger partial charge is 0.490 e. The molecular formula is C40H62O7. The number of carbonyl (C=O) groups is 3. The van der Waals surface area contributed by atoms with E-state index in [-0.39, 0.29) is 42.9 Å². The summed E-state index contributed by atoms with van der Waals surface area (Å²) in [5.41, 5.74) is -3.90. The molecule has 0 aromatic carbocycles. The third-order valence-electron chi connectivity index (χ3n) is 12.5. The number of hydrogen-bond acceptors (Lipinski definition) is 7. The van der Waals surface area contributed by atoms with Crippen molar-refractivity contribution in [1.29, 1.82) is 0 Å². The van der Waals surface area contributed by atoms with E-state index in [1.165, 1.54) is 0 Å². The molecule has 1 saturated carbocycles. The zero-order valence-electron chi connectivity index (χ0n) is 31.4. The standard InChI is InChI=1S/C40H62O7/c1-23(2)15-14-18-38(13)26(17-16-24(3)4)20-39-21-30(36(9,10)45)46-33(39)27(32(43)40(38,34(39)44)31(42)25(5)6)19-29-35(7,8)28(22-41)37(11,12)47-29/h15-16,25-26,28-30,41,45H,14,17-22H2,1-13H3/t26-,28+,29+,30-,38+,39-,40-/m0/s1. The molecule has 264 valence electrons. The Morgan fingerprint density at radius 2 is 1.60 bits per heavy atom. The number of rotatable bonds is 11. The number of fused-ring (bicyclic) bond motifs is 1. The van der Waals surface area contributed by atoms with E-state index in [1.807, 2.05) is 48.5 Å². The minimum atomic E-state index is -1.90. The van der Waals surface area contributed by atoms with Gasteiger partial charge in [0.15, 0.2) is 22.8 Å². The summed E-state index contributed by atoms with van der Waals surface area (Å²) in [5, 5.41) is 21.7. The van der Waals surface area contributed by atoms with E-state index in [0.29, 0.717) is 37.0 Å². The number of hydrogen-bond donors (Lipinski definition) is 2. The third kappa shape index (κ3) is 5.74. The number of aliphatic hydroxyl groups is 2. The molecule has 0 aromatic rings. The molecule has 2 aliphatic carbocycles. The molecule has 7 heteroatoms. The van der Waals surface area contributed by atoms with Crippen LogP contribution in [0.5, 0.6) is 0 Å². The lowest BCUT2D eigenvalue weighted by Crippen LogP contribution is -2.70. The molecule has 2 aliphatic heterocycles. The van der Waals surface area contributed by atoms with Crippen LogP contribution in [-0.2, 0) is 23.9 Å². The summed E-state index contributed by atoms with van der Waals surface area (Å²) in [6.45, 7) is 25.1. The molecule has 4 aliphatic rings.